The second-order valence-electron chi connectivity index (χ2n) is 8.75. The van der Waals surface area contributed by atoms with E-state index in [1.807, 2.05) is 0 Å². The van der Waals surface area contributed by atoms with Gasteiger partial charge >= 0.3 is 0 Å². The predicted octanol–water partition coefficient (Wildman–Crippen LogP) is 8.45. The number of hydrogen-bond acceptors (Lipinski definition) is 2. The van der Waals surface area contributed by atoms with Crippen LogP contribution in [0.15, 0.2) is 78.6 Å². The van der Waals surface area contributed by atoms with Gasteiger partial charge in [0, 0.05) is 13.0 Å². The van der Waals surface area contributed by atoms with Gasteiger partial charge < -0.3 is 9.47 Å². The molecule has 0 N–H and O–H groups in total. The lowest BCUT2D eigenvalue weighted by molar-refractivity contribution is -0.00625. The molecule has 2 heteroatoms. The fraction of sp³-hybridized carbons (Fsp3) is 0.467. The van der Waals surface area contributed by atoms with Crippen LogP contribution in [0.3, 0.4) is 0 Å². The van der Waals surface area contributed by atoms with Gasteiger partial charge in [0.2, 0.25) is 0 Å². The molecule has 1 aliphatic carbocycles. The van der Waals surface area contributed by atoms with Gasteiger partial charge in [-0.1, -0.05) is 113 Å². The molecule has 0 amide bonds. The highest BCUT2D eigenvalue weighted by Crippen LogP contribution is 2.46. The lowest BCUT2D eigenvalue weighted by Gasteiger charge is -2.39. The van der Waals surface area contributed by atoms with E-state index in [1.54, 1.807) is 0 Å². The van der Waals surface area contributed by atoms with Gasteiger partial charge in [-0.25, -0.2) is 0 Å². The van der Waals surface area contributed by atoms with Crippen LogP contribution in [0.5, 0.6) is 0 Å². The lowest BCUT2D eigenvalue weighted by atomic mass is 9.77. The minimum absolute atomic E-state index is 0.482. The van der Waals surface area contributed by atoms with Gasteiger partial charge in [-0.2, -0.15) is 0 Å². The topological polar surface area (TPSA) is 18.5 Å². The zero-order chi connectivity index (χ0) is 22.5. The van der Waals surface area contributed by atoms with Crippen LogP contribution >= 0.6 is 0 Å². The van der Waals surface area contributed by atoms with E-state index in [1.165, 1.54) is 55.2 Å². The maximum absolute atomic E-state index is 6.81. The van der Waals surface area contributed by atoms with Crippen LogP contribution in [-0.2, 0) is 15.1 Å². The molecule has 0 fully saturated rings. The van der Waals surface area contributed by atoms with E-state index in [0.717, 1.165) is 38.2 Å². The summed E-state index contributed by atoms with van der Waals surface area (Å²) >= 11 is 0. The molecule has 0 saturated heterocycles. The molecule has 3 rings (SSSR count). The number of hydrogen-bond donors (Lipinski definition) is 0. The summed E-state index contributed by atoms with van der Waals surface area (Å²) in [6, 6.07) is 21.4. The summed E-state index contributed by atoms with van der Waals surface area (Å²) in [5.74, 6) is 0.974. The number of ether oxygens (including phenoxy) is 2. The molecule has 0 spiro atoms. The van der Waals surface area contributed by atoms with Crippen molar-refractivity contribution in [2.24, 2.45) is 0 Å². The standard InChI is InChI=1S/C30H40O2/c1-3-5-7-15-23-31-28-21-22-30(27-19-13-10-14-20-27,32-24-16-8-6-4-2)29(25-28)26-17-11-9-12-18-26/h9-14,17-21,25H,3-8,15-16,22-24H2,1-2H3. The highest BCUT2D eigenvalue weighted by molar-refractivity contribution is 5.77. The maximum Gasteiger partial charge on any atom is 0.122 e. The molecular weight excluding hydrogens is 392 g/mol. The molecule has 0 saturated carbocycles. The Hall–Kier alpha value is -2.32. The molecule has 2 aromatic carbocycles. The van der Waals surface area contributed by atoms with Crippen LogP contribution in [0.4, 0.5) is 0 Å². The molecule has 32 heavy (non-hydrogen) atoms. The smallest absolute Gasteiger partial charge is 0.122 e. The van der Waals surface area contributed by atoms with Gasteiger partial charge in [-0.15, -0.1) is 0 Å². The van der Waals surface area contributed by atoms with Gasteiger partial charge in [0.1, 0.15) is 11.4 Å². The van der Waals surface area contributed by atoms with Crippen LogP contribution in [0.2, 0.25) is 0 Å². The minimum Gasteiger partial charge on any atom is -0.494 e. The first-order valence-electron chi connectivity index (χ1n) is 12.6. The summed E-state index contributed by atoms with van der Waals surface area (Å²) in [6.07, 6.45) is 14.9. The summed E-state index contributed by atoms with van der Waals surface area (Å²) < 4.78 is 13.0. The molecule has 0 bridgehead atoms. The summed E-state index contributed by atoms with van der Waals surface area (Å²) in [6.45, 7) is 6.03. The Labute approximate surface area is 195 Å². The summed E-state index contributed by atoms with van der Waals surface area (Å²) in [4.78, 5) is 0. The second-order valence-corrected chi connectivity index (χ2v) is 8.75. The van der Waals surface area contributed by atoms with Crippen molar-refractivity contribution in [1.29, 1.82) is 0 Å². The number of unbranched alkanes of at least 4 members (excludes halogenated alkanes) is 6. The highest BCUT2D eigenvalue weighted by Gasteiger charge is 2.39. The molecule has 172 valence electrons. The fourth-order valence-electron chi connectivity index (χ4n) is 4.40. The van der Waals surface area contributed by atoms with Gasteiger partial charge in [0.05, 0.1) is 6.61 Å². The van der Waals surface area contributed by atoms with Crippen LogP contribution in [-0.4, -0.2) is 13.2 Å². The number of benzene rings is 2. The first-order chi connectivity index (χ1) is 15.8. The van der Waals surface area contributed by atoms with E-state index in [9.17, 15) is 0 Å². The van der Waals surface area contributed by atoms with Gasteiger partial charge in [0.15, 0.2) is 0 Å². The Bertz CT molecular complexity index is 838. The van der Waals surface area contributed by atoms with Crippen molar-refractivity contribution >= 4 is 5.57 Å². The molecule has 1 atom stereocenters. The van der Waals surface area contributed by atoms with Crippen molar-refractivity contribution in [3.63, 3.8) is 0 Å². The zero-order valence-corrected chi connectivity index (χ0v) is 20.0. The molecule has 0 aliphatic heterocycles. The van der Waals surface area contributed by atoms with Crippen molar-refractivity contribution in [2.45, 2.75) is 77.2 Å². The monoisotopic (exact) mass is 432 g/mol. The molecule has 0 aromatic heterocycles. The normalized spacial score (nSPS) is 18.2. The average Bonchev–Trinajstić information content (AvgIpc) is 2.85. The highest BCUT2D eigenvalue weighted by atomic mass is 16.5. The van der Waals surface area contributed by atoms with Crippen LogP contribution < -0.4 is 0 Å². The lowest BCUT2D eigenvalue weighted by Crippen LogP contribution is -2.33. The fourth-order valence-corrected chi connectivity index (χ4v) is 4.40. The third-order valence-electron chi connectivity index (χ3n) is 6.25. The van der Waals surface area contributed by atoms with E-state index >= 15 is 0 Å². The molecule has 2 nitrogen and oxygen atoms in total. The Morgan fingerprint density at radius 2 is 1.34 bits per heavy atom. The molecule has 1 aliphatic rings. The molecule has 0 heterocycles. The number of rotatable bonds is 14. The Morgan fingerprint density at radius 3 is 2.00 bits per heavy atom. The Kier molecular flexibility index (Phi) is 10.1. The Morgan fingerprint density at radius 1 is 0.719 bits per heavy atom. The zero-order valence-electron chi connectivity index (χ0n) is 20.0. The van der Waals surface area contributed by atoms with Crippen molar-refractivity contribution in [3.8, 4) is 0 Å². The maximum atomic E-state index is 6.81. The third-order valence-corrected chi connectivity index (χ3v) is 6.25. The van der Waals surface area contributed by atoms with Crippen LogP contribution in [0.1, 0.15) is 82.8 Å². The molecule has 1 unspecified atom stereocenters. The van der Waals surface area contributed by atoms with E-state index in [4.69, 9.17) is 9.47 Å². The first-order valence-corrected chi connectivity index (χ1v) is 12.6. The minimum atomic E-state index is -0.482. The Balaban J connectivity index is 1.87. The average molecular weight is 433 g/mol. The van der Waals surface area contributed by atoms with Crippen molar-refractivity contribution in [3.05, 3.63) is 89.7 Å². The summed E-state index contributed by atoms with van der Waals surface area (Å²) in [7, 11) is 0. The first kappa shape index (κ1) is 24.3. The largest absolute Gasteiger partial charge is 0.494 e. The van der Waals surface area contributed by atoms with Gasteiger partial charge in [-0.05, 0) is 41.7 Å². The third kappa shape index (κ3) is 6.59. The van der Waals surface area contributed by atoms with Crippen LogP contribution in [0, 0.1) is 0 Å². The van der Waals surface area contributed by atoms with E-state index < -0.39 is 5.60 Å². The van der Waals surface area contributed by atoms with Crippen molar-refractivity contribution in [2.75, 3.05) is 13.2 Å². The van der Waals surface area contributed by atoms with Crippen LogP contribution in [0.25, 0.3) is 5.57 Å². The van der Waals surface area contributed by atoms with Crippen molar-refractivity contribution in [1.82, 2.24) is 0 Å². The molecule has 0 radical (unpaired) electrons. The molecule has 2 aromatic rings. The van der Waals surface area contributed by atoms with Gasteiger partial charge in [-0.3, -0.25) is 0 Å². The van der Waals surface area contributed by atoms with Crippen molar-refractivity contribution < 1.29 is 9.47 Å². The second kappa shape index (κ2) is 13.3. The van der Waals surface area contributed by atoms with E-state index in [2.05, 4.69) is 86.7 Å². The predicted molar refractivity (Wildman–Crippen MR) is 135 cm³/mol. The summed E-state index contributed by atoms with van der Waals surface area (Å²) in [5.41, 5.74) is 3.13. The van der Waals surface area contributed by atoms with Gasteiger partial charge in [0.25, 0.3) is 0 Å². The van der Waals surface area contributed by atoms with E-state index in [-0.39, 0.29) is 0 Å². The van der Waals surface area contributed by atoms with E-state index in [0.29, 0.717) is 0 Å². The molecular formula is C30H40O2. The quantitative estimate of drug-likeness (QED) is 0.279. The number of allylic oxidation sites excluding steroid dienone is 1. The summed E-state index contributed by atoms with van der Waals surface area (Å²) in [5, 5.41) is 0. The SMILES string of the molecule is CCCCCCOC1=CCC(OCCCCCC)(c2ccccc2)C(c2ccccc2)=C1.